The summed E-state index contributed by atoms with van der Waals surface area (Å²) in [5.41, 5.74) is 6.97. The maximum absolute atomic E-state index is 5.99. The van der Waals surface area contributed by atoms with Gasteiger partial charge in [0.05, 0.1) is 12.2 Å². The molecule has 4 nitrogen and oxygen atoms in total. The Kier molecular flexibility index (Phi) is 3.35. The van der Waals surface area contributed by atoms with Crippen LogP contribution in [0.3, 0.4) is 0 Å². The molecule has 0 unspecified atom stereocenters. The van der Waals surface area contributed by atoms with Crippen molar-refractivity contribution in [3.05, 3.63) is 23.9 Å². The van der Waals surface area contributed by atoms with Gasteiger partial charge in [-0.05, 0) is 26.8 Å². The lowest BCUT2D eigenvalue weighted by molar-refractivity contribution is -0.0279. The third-order valence-corrected chi connectivity index (χ3v) is 3.03. The third kappa shape index (κ3) is 2.76. The molecule has 17 heavy (non-hydrogen) atoms. The maximum Gasteiger partial charge on any atom is 0.133 e. The van der Waals surface area contributed by atoms with E-state index in [2.05, 4.69) is 29.8 Å². The van der Waals surface area contributed by atoms with Crippen LogP contribution in [0.5, 0.6) is 0 Å². The molecule has 1 aliphatic rings. The Morgan fingerprint density at radius 1 is 1.53 bits per heavy atom. The first kappa shape index (κ1) is 12.3. The van der Waals surface area contributed by atoms with Gasteiger partial charge in [0.15, 0.2) is 0 Å². The molecule has 0 radical (unpaired) electrons. The summed E-state index contributed by atoms with van der Waals surface area (Å²) in [6.07, 6.45) is 1.82. The number of hydrogen-bond acceptors (Lipinski definition) is 4. The minimum absolute atomic E-state index is 0.00431. The molecule has 94 valence electrons. The number of pyridine rings is 1. The van der Waals surface area contributed by atoms with E-state index >= 15 is 0 Å². The molecule has 0 amide bonds. The number of rotatable bonds is 2. The minimum Gasteiger partial charge on any atom is -0.372 e. The number of nitrogens with zero attached hydrogens (tertiary/aromatic N) is 2. The molecule has 0 bridgehead atoms. The van der Waals surface area contributed by atoms with Gasteiger partial charge in [0.2, 0.25) is 0 Å². The van der Waals surface area contributed by atoms with Gasteiger partial charge in [-0.3, -0.25) is 0 Å². The SMILES string of the molecule is C[C@@H](N)c1cccnc1N1CCOC(C)(C)C1. The van der Waals surface area contributed by atoms with Crippen molar-refractivity contribution in [3.8, 4) is 0 Å². The Hall–Kier alpha value is -1.13. The fourth-order valence-corrected chi connectivity index (χ4v) is 2.23. The molecule has 0 aliphatic carbocycles. The molecular weight excluding hydrogens is 214 g/mol. The highest BCUT2D eigenvalue weighted by Crippen LogP contribution is 2.26. The van der Waals surface area contributed by atoms with Crippen molar-refractivity contribution in [3.63, 3.8) is 0 Å². The molecule has 2 heterocycles. The molecule has 1 aromatic heterocycles. The Morgan fingerprint density at radius 3 is 2.94 bits per heavy atom. The van der Waals surface area contributed by atoms with Gasteiger partial charge in [-0.25, -0.2) is 4.98 Å². The van der Waals surface area contributed by atoms with Crippen molar-refractivity contribution < 1.29 is 4.74 Å². The Morgan fingerprint density at radius 2 is 2.29 bits per heavy atom. The Balaban J connectivity index is 2.27. The van der Waals surface area contributed by atoms with Gasteiger partial charge >= 0.3 is 0 Å². The minimum atomic E-state index is -0.120. The van der Waals surface area contributed by atoms with Gasteiger partial charge in [0, 0.05) is 30.9 Å². The van der Waals surface area contributed by atoms with E-state index in [9.17, 15) is 0 Å². The van der Waals surface area contributed by atoms with Crippen LogP contribution in [0.1, 0.15) is 32.4 Å². The smallest absolute Gasteiger partial charge is 0.133 e. The second kappa shape index (κ2) is 4.63. The average molecular weight is 235 g/mol. The molecular formula is C13H21N3O. The highest BCUT2D eigenvalue weighted by molar-refractivity contribution is 5.48. The summed E-state index contributed by atoms with van der Waals surface area (Å²) in [6.45, 7) is 8.67. The number of anilines is 1. The molecule has 1 aliphatic heterocycles. The molecule has 0 spiro atoms. The number of nitrogens with two attached hydrogens (primary N) is 1. The fraction of sp³-hybridized carbons (Fsp3) is 0.615. The molecule has 0 aromatic carbocycles. The fourth-order valence-electron chi connectivity index (χ4n) is 2.23. The van der Waals surface area contributed by atoms with Crippen LogP contribution in [-0.2, 0) is 4.74 Å². The van der Waals surface area contributed by atoms with Gasteiger partial charge in [-0.2, -0.15) is 0 Å². The quantitative estimate of drug-likeness (QED) is 0.848. The summed E-state index contributed by atoms with van der Waals surface area (Å²) in [5.74, 6) is 0.999. The summed E-state index contributed by atoms with van der Waals surface area (Å²) >= 11 is 0. The van der Waals surface area contributed by atoms with Crippen molar-refractivity contribution in [2.75, 3.05) is 24.6 Å². The van der Waals surface area contributed by atoms with E-state index in [1.54, 1.807) is 0 Å². The van der Waals surface area contributed by atoms with Crippen LogP contribution in [-0.4, -0.2) is 30.3 Å². The Labute approximate surface area is 103 Å². The summed E-state index contributed by atoms with van der Waals surface area (Å²) in [4.78, 5) is 6.75. The monoisotopic (exact) mass is 235 g/mol. The molecule has 1 atom stereocenters. The first-order valence-electron chi connectivity index (χ1n) is 6.09. The van der Waals surface area contributed by atoms with Crippen LogP contribution in [0.15, 0.2) is 18.3 Å². The molecule has 1 saturated heterocycles. The van der Waals surface area contributed by atoms with Crippen LogP contribution in [0.2, 0.25) is 0 Å². The number of hydrogen-bond donors (Lipinski definition) is 1. The molecule has 2 N–H and O–H groups in total. The Bertz CT molecular complexity index is 390. The van der Waals surface area contributed by atoms with E-state index in [-0.39, 0.29) is 11.6 Å². The molecule has 0 saturated carbocycles. The molecule has 1 aromatic rings. The standard InChI is InChI=1S/C13H21N3O/c1-10(14)11-5-4-6-15-12(11)16-7-8-17-13(2,3)9-16/h4-6,10H,7-9,14H2,1-3H3/t10-/m1/s1. The van der Waals surface area contributed by atoms with Gasteiger partial charge < -0.3 is 15.4 Å². The number of morpholine rings is 1. The van der Waals surface area contributed by atoms with E-state index in [0.717, 1.165) is 31.1 Å². The summed E-state index contributed by atoms with van der Waals surface area (Å²) in [5, 5.41) is 0. The van der Waals surface area contributed by atoms with E-state index in [1.165, 1.54) is 0 Å². The second-order valence-corrected chi connectivity index (χ2v) is 5.23. The van der Waals surface area contributed by atoms with Gasteiger partial charge in [0.1, 0.15) is 5.82 Å². The van der Waals surface area contributed by atoms with Crippen LogP contribution < -0.4 is 10.6 Å². The summed E-state index contributed by atoms with van der Waals surface area (Å²) in [7, 11) is 0. The van der Waals surface area contributed by atoms with Crippen LogP contribution in [0.25, 0.3) is 0 Å². The zero-order chi connectivity index (χ0) is 12.5. The molecule has 1 fully saturated rings. The maximum atomic E-state index is 5.99. The summed E-state index contributed by atoms with van der Waals surface area (Å²) in [6, 6.07) is 3.99. The lowest BCUT2D eigenvalue weighted by atomic mass is 10.1. The lowest BCUT2D eigenvalue weighted by Crippen LogP contribution is -2.49. The van der Waals surface area contributed by atoms with Crippen molar-refractivity contribution in [1.82, 2.24) is 4.98 Å². The van der Waals surface area contributed by atoms with E-state index < -0.39 is 0 Å². The van der Waals surface area contributed by atoms with Crippen molar-refractivity contribution in [2.24, 2.45) is 5.73 Å². The topological polar surface area (TPSA) is 51.4 Å². The predicted octanol–water partition coefficient (Wildman–Crippen LogP) is 1.72. The zero-order valence-corrected chi connectivity index (χ0v) is 10.8. The zero-order valence-electron chi connectivity index (χ0n) is 10.8. The van der Waals surface area contributed by atoms with Crippen LogP contribution in [0, 0.1) is 0 Å². The van der Waals surface area contributed by atoms with Crippen molar-refractivity contribution >= 4 is 5.82 Å². The van der Waals surface area contributed by atoms with E-state index in [0.29, 0.717) is 0 Å². The predicted molar refractivity (Wildman–Crippen MR) is 69.1 cm³/mol. The lowest BCUT2D eigenvalue weighted by Gasteiger charge is -2.39. The number of aromatic nitrogens is 1. The van der Waals surface area contributed by atoms with Gasteiger partial charge in [-0.15, -0.1) is 0 Å². The third-order valence-electron chi connectivity index (χ3n) is 3.03. The number of ether oxygens (including phenoxy) is 1. The van der Waals surface area contributed by atoms with Crippen LogP contribution in [0.4, 0.5) is 5.82 Å². The first-order valence-corrected chi connectivity index (χ1v) is 6.09. The van der Waals surface area contributed by atoms with E-state index in [1.807, 2.05) is 19.2 Å². The van der Waals surface area contributed by atoms with Gasteiger partial charge in [-0.1, -0.05) is 6.07 Å². The van der Waals surface area contributed by atoms with Crippen molar-refractivity contribution in [2.45, 2.75) is 32.4 Å². The van der Waals surface area contributed by atoms with Crippen molar-refractivity contribution in [1.29, 1.82) is 0 Å². The van der Waals surface area contributed by atoms with Gasteiger partial charge in [0.25, 0.3) is 0 Å². The highest BCUT2D eigenvalue weighted by Gasteiger charge is 2.29. The molecule has 2 rings (SSSR count). The highest BCUT2D eigenvalue weighted by atomic mass is 16.5. The first-order chi connectivity index (χ1) is 7.99. The molecule has 4 heteroatoms. The summed E-state index contributed by atoms with van der Waals surface area (Å²) < 4.78 is 5.72. The average Bonchev–Trinajstić information content (AvgIpc) is 2.27. The second-order valence-electron chi connectivity index (χ2n) is 5.23. The normalized spacial score (nSPS) is 21.3. The largest absolute Gasteiger partial charge is 0.372 e. The van der Waals surface area contributed by atoms with Crippen LogP contribution >= 0.6 is 0 Å². The van der Waals surface area contributed by atoms with E-state index in [4.69, 9.17) is 10.5 Å².